The maximum atomic E-state index is 12.7. The van der Waals surface area contributed by atoms with Crippen molar-refractivity contribution in [2.24, 2.45) is 0 Å². The third-order valence-electron chi connectivity index (χ3n) is 6.41. The van der Waals surface area contributed by atoms with Gasteiger partial charge in [-0.25, -0.2) is 4.79 Å². The average molecular weight is 465 g/mol. The van der Waals surface area contributed by atoms with Gasteiger partial charge in [-0.15, -0.1) is 4.48 Å². The number of carbonyl (C=O) groups is 2. The molecule has 0 saturated heterocycles. The topological polar surface area (TPSA) is 82.1 Å². The molecule has 178 valence electrons. The number of hydrogen-bond acceptors (Lipinski definition) is 5. The fourth-order valence-corrected chi connectivity index (χ4v) is 4.73. The van der Waals surface area contributed by atoms with Crippen LogP contribution in [0.5, 0.6) is 5.75 Å². The molecule has 1 unspecified atom stereocenters. The van der Waals surface area contributed by atoms with Crippen molar-refractivity contribution in [3.05, 3.63) is 29.5 Å². The zero-order chi connectivity index (χ0) is 24.5. The molecule has 0 bridgehead atoms. The van der Waals surface area contributed by atoms with Crippen molar-refractivity contribution < 1.29 is 28.6 Å². The largest absolute Gasteiger partial charge is 0.524 e. The maximum absolute atomic E-state index is 12.7. The van der Waals surface area contributed by atoms with E-state index >= 15 is 0 Å². The van der Waals surface area contributed by atoms with Gasteiger partial charge in [0.1, 0.15) is 17.9 Å². The summed E-state index contributed by atoms with van der Waals surface area (Å²) in [4.78, 5) is 25.3. The number of rotatable bonds is 7. The van der Waals surface area contributed by atoms with Crippen molar-refractivity contribution in [2.45, 2.75) is 72.1 Å². The third-order valence-corrected chi connectivity index (χ3v) is 11.0. The summed E-state index contributed by atoms with van der Waals surface area (Å²) in [6.45, 7) is 19.1. The lowest BCUT2D eigenvalue weighted by atomic mass is 9.99. The number of benzene rings is 1. The van der Waals surface area contributed by atoms with E-state index in [1.807, 2.05) is 0 Å². The van der Waals surface area contributed by atoms with E-state index in [-0.39, 0.29) is 17.3 Å². The van der Waals surface area contributed by atoms with Crippen molar-refractivity contribution in [1.82, 2.24) is 4.48 Å². The second kappa shape index (κ2) is 9.00. The highest BCUT2D eigenvalue weighted by Crippen LogP contribution is 2.48. The number of carboxylic acid groups (broad SMARTS) is 1. The van der Waals surface area contributed by atoms with Gasteiger partial charge in [0.05, 0.1) is 13.2 Å². The number of nitrogens with zero attached hydrogens (tertiary/aromatic N) is 1. The van der Waals surface area contributed by atoms with Crippen LogP contribution in [0.25, 0.3) is 6.08 Å². The number of ether oxygens (including phenoxy) is 2. The van der Waals surface area contributed by atoms with Crippen LogP contribution in [0.3, 0.4) is 0 Å². The van der Waals surface area contributed by atoms with Crippen LogP contribution in [0, 0.1) is 0 Å². The number of quaternary nitrogens is 1. The molecule has 8 heteroatoms. The van der Waals surface area contributed by atoms with Crippen LogP contribution in [0.2, 0.25) is 18.1 Å². The number of amides is 1. The van der Waals surface area contributed by atoms with E-state index in [4.69, 9.17) is 13.9 Å². The standard InChI is InChI=1S/C24H37NO6Si/c1-10-29-21(26)20-16-17-15-18(30-13-14-31-32(8,9)24(5,6)7)11-12-19(17)25(20,22(27)28)23(2,3)4/h11-12,15-16H,10,13-14H2,1-9H3/p+1. The fraction of sp³-hybridized carbons (Fsp3) is 0.583. The van der Waals surface area contributed by atoms with Gasteiger partial charge in [-0.05, 0) is 58.0 Å². The number of hydrogen-bond donors (Lipinski definition) is 1. The molecule has 1 aromatic rings. The molecule has 2 rings (SSSR count). The minimum absolute atomic E-state index is 0.0836. The first-order chi connectivity index (χ1) is 14.6. The van der Waals surface area contributed by atoms with Gasteiger partial charge in [-0.3, -0.25) is 0 Å². The lowest BCUT2D eigenvalue weighted by Crippen LogP contribution is -2.64. The van der Waals surface area contributed by atoms with Gasteiger partial charge in [0, 0.05) is 17.7 Å². The van der Waals surface area contributed by atoms with Crippen molar-refractivity contribution in [2.75, 3.05) is 19.8 Å². The van der Waals surface area contributed by atoms with Crippen LogP contribution in [0.4, 0.5) is 10.5 Å². The zero-order valence-electron chi connectivity index (χ0n) is 20.9. The smallest absolute Gasteiger partial charge is 0.491 e. The molecule has 7 nitrogen and oxygen atoms in total. The molecule has 0 saturated carbocycles. The summed E-state index contributed by atoms with van der Waals surface area (Å²) in [5, 5.41) is 10.4. The van der Waals surface area contributed by atoms with Crippen molar-refractivity contribution in [1.29, 1.82) is 0 Å². The molecule has 0 fully saturated rings. The summed E-state index contributed by atoms with van der Waals surface area (Å²) in [6.07, 6.45) is 0.470. The van der Waals surface area contributed by atoms with Gasteiger partial charge in [0.15, 0.2) is 14.0 Å². The minimum Gasteiger partial charge on any atom is -0.491 e. The van der Waals surface area contributed by atoms with Gasteiger partial charge in [0.2, 0.25) is 5.70 Å². The van der Waals surface area contributed by atoms with Gasteiger partial charge in [-0.1, -0.05) is 20.8 Å². The van der Waals surface area contributed by atoms with Gasteiger partial charge in [-0.2, -0.15) is 4.79 Å². The molecule has 1 amide bonds. The molecular formula is C24H38NO6Si+. The Morgan fingerprint density at radius 2 is 1.69 bits per heavy atom. The molecule has 0 aliphatic carbocycles. The summed E-state index contributed by atoms with van der Waals surface area (Å²) in [6, 6.07) is 5.24. The van der Waals surface area contributed by atoms with Crippen LogP contribution in [0.1, 0.15) is 54.0 Å². The Kier molecular flexibility index (Phi) is 7.34. The number of carbonyl (C=O) groups excluding carboxylic acids is 1. The van der Waals surface area contributed by atoms with Crippen LogP contribution < -0.4 is 9.22 Å². The van der Waals surface area contributed by atoms with E-state index < -0.39 is 30.4 Å². The summed E-state index contributed by atoms with van der Waals surface area (Å²) < 4.78 is 16.6. The highest BCUT2D eigenvalue weighted by atomic mass is 28.4. The van der Waals surface area contributed by atoms with E-state index in [2.05, 4.69) is 33.9 Å². The zero-order valence-corrected chi connectivity index (χ0v) is 21.9. The lowest BCUT2D eigenvalue weighted by molar-refractivity contribution is -0.140. The third kappa shape index (κ3) is 4.63. The Balaban J connectivity index is 2.32. The van der Waals surface area contributed by atoms with E-state index in [1.54, 1.807) is 52.0 Å². The predicted molar refractivity (Wildman–Crippen MR) is 129 cm³/mol. The number of esters is 1. The molecule has 1 aromatic carbocycles. The molecule has 1 N–H and O–H groups in total. The lowest BCUT2D eigenvalue weighted by Gasteiger charge is -2.40. The number of fused-ring (bicyclic) bond motifs is 1. The van der Waals surface area contributed by atoms with E-state index in [0.29, 0.717) is 30.2 Å². The molecule has 0 aromatic heterocycles. The van der Waals surface area contributed by atoms with Crippen molar-refractivity contribution in [3.63, 3.8) is 0 Å². The molecule has 32 heavy (non-hydrogen) atoms. The Labute approximate surface area is 192 Å². The Bertz CT molecular complexity index is 910. The quantitative estimate of drug-likeness (QED) is 0.238. The minimum atomic E-state index is -1.85. The van der Waals surface area contributed by atoms with E-state index in [0.717, 1.165) is 0 Å². The second-order valence-corrected chi connectivity index (χ2v) is 15.4. The summed E-state index contributed by atoms with van der Waals surface area (Å²) in [5.74, 6) is -0.0346. The van der Waals surface area contributed by atoms with Crippen LogP contribution in [-0.4, -0.2) is 50.8 Å². The summed E-state index contributed by atoms with van der Waals surface area (Å²) in [7, 11) is -1.85. The summed E-state index contributed by atoms with van der Waals surface area (Å²) >= 11 is 0. The van der Waals surface area contributed by atoms with Gasteiger partial charge >= 0.3 is 12.1 Å². The molecule has 1 heterocycles. The van der Waals surface area contributed by atoms with Crippen molar-refractivity contribution in [3.8, 4) is 5.75 Å². The molecule has 0 radical (unpaired) electrons. The fourth-order valence-electron chi connectivity index (χ4n) is 3.71. The molecule has 1 atom stereocenters. The predicted octanol–water partition coefficient (Wildman–Crippen LogP) is 5.79. The molecular weight excluding hydrogens is 426 g/mol. The van der Waals surface area contributed by atoms with E-state index in [9.17, 15) is 14.7 Å². The van der Waals surface area contributed by atoms with Gasteiger partial charge in [0.25, 0.3) is 0 Å². The van der Waals surface area contributed by atoms with Crippen LogP contribution >= 0.6 is 0 Å². The Hall–Kier alpha value is -2.16. The van der Waals surface area contributed by atoms with Crippen molar-refractivity contribution >= 4 is 32.1 Å². The second-order valence-electron chi connectivity index (χ2n) is 10.6. The normalized spacial score (nSPS) is 18.7. The first-order valence-corrected chi connectivity index (χ1v) is 13.9. The average Bonchev–Trinajstić information content (AvgIpc) is 3.00. The first-order valence-electron chi connectivity index (χ1n) is 11.0. The first kappa shape index (κ1) is 26.1. The SMILES string of the molecule is CCOC(=O)C1=Cc2cc(OCCO[Si](C)(C)C(C)(C)C)ccc2[N+]1(C(=O)O)C(C)(C)C. The Morgan fingerprint density at radius 1 is 1.06 bits per heavy atom. The highest BCUT2D eigenvalue weighted by Gasteiger charge is 2.60. The van der Waals surface area contributed by atoms with Gasteiger partial charge < -0.3 is 19.0 Å². The molecule has 1 aliphatic rings. The van der Waals surface area contributed by atoms with E-state index in [1.165, 1.54) is 0 Å². The monoisotopic (exact) mass is 464 g/mol. The van der Waals surface area contributed by atoms with Crippen LogP contribution in [-0.2, 0) is 14.0 Å². The highest BCUT2D eigenvalue weighted by molar-refractivity contribution is 6.74. The Morgan fingerprint density at radius 3 is 2.19 bits per heavy atom. The molecule has 0 spiro atoms. The molecule has 1 aliphatic heterocycles. The maximum Gasteiger partial charge on any atom is 0.524 e. The summed E-state index contributed by atoms with van der Waals surface area (Å²) in [5.41, 5.74) is 0.404. The van der Waals surface area contributed by atoms with Crippen LogP contribution in [0.15, 0.2) is 23.9 Å².